The monoisotopic (exact) mass is 642 g/mol. The third-order valence-corrected chi connectivity index (χ3v) is 15.0. The molecular formula is C26H54O12Si3. The van der Waals surface area contributed by atoms with Gasteiger partial charge in [0.15, 0.2) is 0 Å². The van der Waals surface area contributed by atoms with Crippen molar-refractivity contribution in [2.45, 2.75) is 63.3 Å². The van der Waals surface area contributed by atoms with E-state index in [1.807, 2.05) is 0 Å². The Morgan fingerprint density at radius 2 is 1.27 bits per heavy atom. The molecule has 12 nitrogen and oxygen atoms in total. The minimum Gasteiger partial charge on any atom is -0.462 e. The molecule has 0 aromatic heterocycles. The number of esters is 1. The first kappa shape index (κ1) is 40.2. The second-order valence-electron chi connectivity index (χ2n) is 9.46. The molecule has 1 aliphatic carbocycles. The van der Waals surface area contributed by atoms with Gasteiger partial charge in [-0.15, -0.1) is 0 Å². The Bertz CT molecular complexity index is 720. The van der Waals surface area contributed by atoms with Crippen molar-refractivity contribution < 1.29 is 54.1 Å². The summed E-state index contributed by atoms with van der Waals surface area (Å²) in [4.78, 5) is 11.1. The number of epoxide rings is 1. The quantitative estimate of drug-likeness (QED) is 0.0711. The van der Waals surface area contributed by atoms with Gasteiger partial charge in [-0.3, -0.25) is 0 Å². The van der Waals surface area contributed by atoms with Crippen molar-refractivity contribution in [2.24, 2.45) is 5.92 Å². The van der Waals surface area contributed by atoms with E-state index in [9.17, 15) is 4.79 Å². The van der Waals surface area contributed by atoms with Crippen LogP contribution < -0.4 is 0 Å². The highest BCUT2D eigenvalue weighted by molar-refractivity contribution is 6.66. The largest absolute Gasteiger partial charge is 0.528 e. The highest BCUT2D eigenvalue weighted by Gasteiger charge is 2.45. The van der Waals surface area contributed by atoms with Crippen molar-refractivity contribution >= 4 is 32.4 Å². The number of fused-ring (bicyclic) bond motifs is 1. The molecule has 1 saturated carbocycles. The SMILES string of the molecule is C=C(C)C(=O)OCCC[Si](OC)(OC)OC.C=C[Si](OC)(OC)OC.CO[Si](CCC1CCC2OC2C1)(OC)OC. The van der Waals surface area contributed by atoms with Gasteiger partial charge in [0.25, 0.3) is 0 Å². The van der Waals surface area contributed by atoms with Gasteiger partial charge in [0.1, 0.15) is 0 Å². The summed E-state index contributed by atoms with van der Waals surface area (Å²) in [5, 5.41) is 0. The lowest BCUT2D eigenvalue weighted by Crippen LogP contribution is -2.43. The Kier molecular flexibility index (Phi) is 20.6. The number of ether oxygens (including phenoxy) is 2. The van der Waals surface area contributed by atoms with Gasteiger partial charge in [0.2, 0.25) is 0 Å². The molecule has 2 aliphatic rings. The van der Waals surface area contributed by atoms with Crippen molar-refractivity contribution in [1.29, 1.82) is 0 Å². The molecule has 242 valence electrons. The predicted molar refractivity (Wildman–Crippen MR) is 161 cm³/mol. The Labute approximate surface area is 250 Å². The van der Waals surface area contributed by atoms with Crippen LogP contribution in [0.3, 0.4) is 0 Å². The van der Waals surface area contributed by atoms with E-state index >= 15 is 0 Å². The fraction of sp³-hybridized carbons (Fsp3) is 0.808. The van der Waals surface area contributed by atoms with Crippen molar-refractivity contribution in [3.63, 3.8) is 0 Å². The van der Waals surface area contributed by atoms with Gasteiger partial charge in [-0.2, -0.15) is 0 Å². The topological polar surface area (TPSA) is 122 Å². The standard InChI is InChI=1S/C11H22O4Si.C10H20O5Si.C5H12O3Si/c1-12-16(13-2,14-3)7-6-9-4-5-10-11(8-9)15-10;1-9(2)10(11)15-7-6-8-16(12-3,13-4)14-5;1-5-9(6-2,7-3)8-4/h9-11H,4-8H2,1-3H3;1,6-8H2,2-5H3;5H,1H2,2-4H3. The summed E-state index contributed by atoms with van der Waals surface area (Å²) in [6.07, 6.45) is 6.65. The van der Waals surface area contributed by atoms with Crippen molar-refractivity contribution in [2.75, 3.05) is 70.6 Å². The Hall–Kier alpha value is -0.799. The van der Waals surface area contributed by atoms with Crippen LogP contribution in [0.1, 0.15) is 39.0 Å². The van der Waals surface area contributed by atoms with Crippen LogP contribution in [-0.4, -0.2) is 115 Å². The van der Waals surface area contributed by atoms with Crippen LogP contribution in [0.5, 0.6) is 0 Å². The minimum absolute atomic E-state index is 0.316. The Morgan fingerprint density at radius 3 is 1.63 bits per heavy atom. The number of hydrogen-bond acceptors (Lipinski definition) is 12. The van der Waals surface area contributed by atoms with Gasteiger partial charge < -0.3 is 49.3 Å². The first-order valence-corrected chi connectivity index (χ1v) is 19.2. The molecule has 0 aromatic rings. The molecule has 0 bridgehead atoms. The van der Waals surface area contributed by atoms with E-state index in [-0.39, 0.29) is 5.97 Å². The molecule has 1 heterocycles. The lowest BCUT2D eigenvalue weighted by Gasteiger charge is -2.27. The van der Waals surface area contributed by atoms with Gasteiger partial charge in [0, 0.05) is 81.6 Å². The smallest absolute Gasteiger partial charge is 0.462 e. The molecule has 1 aliphatic heterocycles. The lowest BCUT2D eigenvalue weighted by atomic mass is 9.88. The maximum absolute atomic E-state index is 11.1. The number of hydrogen-bond donors (Lipinski definition) is 0. The van der Waals surface area contributed by atoms with E-state index < -0.39 is 26.4 Å². The van der Waals surface area contributed by atoms with E-state index in [4.69, 9.17) is 49.3 Å². The molecule has 3 atom stereocenters. The van der Waals surface area contributed by atoms with Crippen LogP contribution in [0.25, 0.3) is 0 Å². The van der Waals surface area contributed by atoms with E-state index in [0.29, 0.717) is 36.9 Å². The summed E-state index contributed by atoms with van der Waals surface area (Å²) in [7, 11) is 7.03. The molecule has 2 rings (SSSR count). The van der Waals surface area contributed by atoms with Crippen molar-refractivity contribution in [1.82, 2.24) is 0 Å². The highest BCUT2D eigenvalue weighted by atomic mass is 28.4. The second kappa shape index (κ2) is 21.0. The Morgan fingerprint density at radius 1 is 0.780 bits per heavy atom. The van der Waals surface area contributed by atoms with Crippen LogP contribution in [0.2, 0.25) is 12.1 Å². The summed E-state index contributed by atoms with van der Waals surface area (Å²) in [6.45, 7) is 8.95. The van der Waals surface area contributed by atoms with Crippen LogP contribution in [0.4, 0.5) is 0 Å². The summed E-state index contributed by atoms with van der Waals surface area (Å²) >= 11 is 0. The normalized spacial score (nSPS) is 20.0. The highest BCUT2D eigenvalue weighted by Crippen LogP contribution is 2.41. The number of rotatable bonds is 18. The molecule has 0 radical (unpaired) electrons. The van der Waals surface area contributed by atoms with Crippen molar-refractivity contribution in [3.05, 3.63) is 24.4 Å². The second-order valence-corrected chi connectivity index (χ2v) is 18.5. The molecule has 0 aromatic carbocycles. The minimum atomic E-state index is -2.53. The van der Waals surface area contributed by atoms with Crippen LogP contribution in [0, 0.1) is 5.92 Å². The zero-order valence-corrected chi connectivity index (χ0v) is 29.8. The average molecular weight is 643 g/mol. The van der Waals surface area contributed by atoms with Gasteiger partial charge in [0.05, 0.1) is 18.8 Å². The zero-order chi connectivity index (χ0) is 31.5. The third kappa shape index (κ3) is 14.0. The fourth-order valence-corrected chi connectivity index (χ4v) is 8.88. The fourth-order valence-electron chi connectivity index (χ4n) is 4.32. The van der Waals surface area contributed by atoms with E-state index in [1.54, 1.807) is 76.6 Å². The van der Waals surface area contributed by atoms with Crippen LogP contribution >= 0.6 is 0 Å². The molecule has 0 N–H and O–H groups in total. The van der Waals surface area contributed by atoms with E-state index in [1.165, 1.54) is 19.3 Å². The summed E-state index contributed by atoms with van der Waals surface area (Å²) in [5.41, 5.74) is 1.97. The molecule has 3 unspecified atom stereocenters. The lowest BCUT2D eigenvalue weighted by molar-refractivity contribution is -0.139. The average Bonchev–Trinajstić information content (AvgIpc) is 3.80. The zero-order valence-electron chi connectivity index (χ0n) is 26.8. The summed E-state index contributed by atoms with van der Waals surface area (Å²) < 4.78 is 57.3. The molecule has 41 heavy (non-hydrogen) atoms. The van der Waals surface area contributed by atoms with Crippen LogP contribution in [-0.2, 0) is 54.1 Å². The van der Waals surface area contributed by atoms with E-state index in [0.717, 1.165) is 18.4 Å². The summed E-state index contributed by atoms with van der Waals surface area (Å²) in [5.74, 6) is 0.385. The van der Waals surface area contributed by atoms with Crippen LogP contribution in [0.15, 0.2) is 24.4 Å². The summed E-state index contributed by atoms with van der Waals surface area (Å²) in [6, 6.07) is 1.53. The predicted octanol–water partition coefficient (Wildman–Crippen LogP) is 3.79. The van der Waals surface area contributed by atoms with Gasteiger partial charge in [-0.05, 0) is 50.6 Å². The molecule has 1 saturated heterocycles. The molecular weight excluding hydrogens is 589 g/mol. The first-order valence-electron chi connectivity index (χ1n) is 13.6. The maximum Gasteiger partial charge on any atom is 0.528 e. The Balaban J connectivity index is 0.000000612. The van der Waals surface area contributed by atoms with Crippen molar-refractivity contribution in [3.8, 4) is 0 Å². The molecule has 2 fully saturated rings. The first-order chi connectivity index (χ1) is 19.5. The van der Waals surface area contributed by atoms with Gasteiger partial charge in [-0.1, -0.05) is 13.2 Å². The molecule has 0 amide bonds. The molecule has 15 heteroatoms. The maximum atomic E-state index is 11.1. The van der Waals surface area contributed by atoms with E-state index in [2.05, 4.69) is 13.2 Å². The molecule has 0 spiro atoms. The van der Waals surface area contributed by atoms with Gasteiger partial charge in [-0.25, -0.2) is 4.79 Å². The third-order valence-electron chi connectivity index (χ3n) is 7.15. The number of carbonyl (C=O) groups excluding carboxylic acids is 1. The van der Waals surface area contributed by atoms with Gasteiger partial charge >= 0.3 is 32.4 Å². The number of carbonyl (C=O) groups is 1.